The zero-order chi connectivity index (χ0) is 14.8. The third-order valence-corrected chi connectivity index (χ3v) is 3.70. The minimum atomic E-state index is 0.00511. The first-order valence-electron chi connectivity index (χ1n) is 6.72. The van der Waals surface area contributed by atoms with Gasteiger partial charge in [0, 0.05) is 23.4 Å². The van der Waals surface area contributed by atoms with Crippen molar-refractivity contribution in [1.82, 2.24) is 10.2 Å². The Labute approximate surface area is 124 Å². The average Bonchev–Trinajstić information content (AvgIpc) is 2.40. The van der Waals surface area contributed by atoms with Gasteiger partial charge >= 0.3 is 0 Å². The molecule has 5 heteroatoms. The number of aliphatic hydroxyl groups excluding tert-OH is 1. The van der Waals surface area contributed by atoms with Crippen molar-refractivity contribution < 1.29 is 5.11 Å². The first kappa shape index (κ1) is 15.0. The topological polar surface area (TPSA) is 58.0 Å². The number of hydrogen-bond donors (Lipinski definition) is 2. The SMILES string of the molecule is CC(C)(C)C(CCO)Nc1nnc(Cl)c2ccccc12. The van der Waals surface area contributed by atoms with Gasteiger partial charge in [-0.25, -0.2) is 0 Å². The lowest BCUT2D eigenvalue weighted by Gasteiger charge is -2.31. The Bertz CT molecular complexity index is 595. The van der Waals surface area contributed by atoms with Gasteiger partial charge < -0.3 is 10.4 Å². The summed E-state index contributed by atoms with van der Waals surface area (Å²) in [7, 11) is 0. The number of nitrogens with one attached hydrogen (secondary N) is 1. The molecule has 20 heavy (non-hydrogen) atoms. The number of aromatic nitrogens is 2. The van der Waals surface area contributed by atoms with Crippen LogP contribution in [-0.4, -0.2) is 28.0 Å². The lowest BCUT2D eigenvalue weighted by molar-refractivity contribution is 0.235. The molecule has 1 aromatic heterocycles. The molecule has 0 fully saturated rings. The van der Waals surface area contributed by atoms with Gasteiger partial charge in [-0.3, -0.25) is 0 Å². The summed E-state index contributed by atoms with van der Waals surface area (Å²) in [4.78, 5) is 0. The van der Waals surface area contributed by atoms with E-state index in [9.17, 15) is 5.11 Å². The molecule has 1 unspecified atom stereocenters. The number of anilines is 1. The van der Waals surface area contributed by atoms with Gasteiger partial charge in [0.1, 0.15) is 0 Å². The minimum absolute atomic E-state index is 0.00511. The van der Waals surface area contributed by atoms with Crippen LogP contribution in [0.1, 0.15) is 27.2 Å². The number of benzene rings is 1. The van der Waals surface area contributed by atoms with E-state index in [1.165, 1.54) is 0 Å². The van der Waals surface area contributed by atoms with E-state index in [0.29, 0.717) is 17.4 Å². The predicted molar refractivity (Wildman–Crippen MR) is 83.1 cm³/mol. The Kier molecular flexibility index (Phi) is 4.45. The van der Waals surface area contributed by atoms with Crippen molar-refractivity contribution in [2.45, 2.75) is 33.2 Å². The third-order valence-electron chi connectivity index (χ3n) is 3.42. The Balaban J connectivity index is 2.40. The summed E-state index contributed by atoms with van der Waals surface area (Å²) >= 11 is 6.08. The van der Waals surface area contributed by atoms with E-state index in [2.05, 4.69) is 36.3 Å². The number of aliphatic hydroxyl groups is 1. The third kappa shape index (κ3) is 3.19. The van der Waals surface area contributed by atoms with Crippen molar-refractivity contribution in [1.29, 1.82) is 0 Å². The minimum Gasteiger partial charge on any atom is -0.396 e. The van der Waals surface area contributed by atoms with E-state index in [-0.39, 0.29) is 18.1 Å². The summed E-state index contributed by atoms with van der Waals surface area (Å²) in [6, 6.07) is 7.87. The van der Waals surface area contributed by atoms with Crippen LogP contribution in [0, 0.1) is 5.41 Å². The Hall–Kier alpha value is -1.39. The molecule has 0 bridgehead atoms. The van der Waals surface area contributed by atoms with Gasteiger partial charge in [0.05, 0.1) is 0 Å². The molecule has 0 amide bonds. The van der Waals surface area contributed by atoms with Crippen molar-refractivity contribution in [3.8, 4) is 0 Å². The maximum Gasteiger partial charge on any atom is 0.159 e. The number of nitrogens with zero attached hydrogens (tertiary/aromatic N) is 2. The van der Waals surface area contributed by atoms with Gasteiger partial charge in [0.15, 0.2) is 11.0 Å². The van der Waals surface area contributed by atoms with E-state index in [0.717, 1.165) is 10.8 Å². The Morgan fingerprint density at radius 3 is 2.45 bits per heavy atom. The molecular formula is C15H20ClN3O. The average molecular weight is 294 g/mol. The number of hydrogen-bond acceptors (Lipinski definition) is 4. The lowest BCUT2D eigenvalue weighted by atomic mass is 9.85. The molecule has 4 nitrogen and oxygen atoms in total. The second kappa shape index (κ2) is 5.94. The van der Waals surface area contributed by atoms with E-state index in [1.54, 1.807) is 0 Å². The predicted octanol–water partition coefficient (Wildman–Crippen LogP) is 3.49. The standard InChI is InChI=1S/C15H20ClN3O/c1-15(2,3)12(8-9-20)17-14-11-7-5-4-6-10(11)13(16)18-19-14/h4-7,12,20H,8-9H2,1-3H3,(H,17,19). The van der Waals surface area contributed by atoms with Crippen LogP contribution in [0.5, 0.6) is 0 Å². The first-order valence-corrected chi connectivity index (χ1v) is 7.09. The zero-order valence-corrected chi connectivity index (χ0v) is 12.8. The highest BCUT2D eigenvalue weighted by Crippen LogP contribution is 2.30. The zero-order valence-electron chi connectivity index (χ0n) is 12.0. The molecule has 2 rings (SSSR count). The van der Waals surface area contributed by atoms with Crippen LogP contribution in [0.2, 0.25) is 5.15 Å². The lowest BCUT2D eigenvalue weighted by Crippen LogP contribution is -2.35. The molecule has 0 aliphatic rings. The van der Waals surface area contributed by atoms with Crippen molar-refractivity contribution >= 4 is 28.2 Å². The molecule has 1 atom stereocenters. The van der Waals surface area contributed by atoms with E-state index < -0.39 is 0 Å². The molecule has 0 aliphatic heterocycles. The van der Waals surface area contributed by atoms with Crippen molar-refractivity contribution in [3.63, 3.8) is 0 Å². The van der Waals surface area contributed by atoms with Crippen LogP contribution in [0.4, 0.5) is 5.82 Å². The molecule has 0 aliphatic carbocycles. The molecule has 2 N–H and O–H groups in total. The molecule has 0 radical (unpaired) electrons. The summed E-state index contributed by atoms with van der Waals surface area (Å²) in [6.45, 7) is 6.53. The van der Waals surface area contributed by atoms with Crippen molar-refractivity contribution in [3.05, 3.63) is 29.4 Å². The molecular weight excluding hydrogens is 274 g/mol. The largest absolute Gasteiger partial charge is 0.396 e. The quantitative estimate of drug-likeness (QED) is 0.906. The van der Waals surface area contributed by atoms with Gasteiger partial charge in [0.2, 0.25) is 0 Å². The van der Waals surface area contributed by atoms with E-state index >= 15 is 0 Å². The van der Waals surface area contributed by atoms with Crippen LogP contribution in [0.25, 0.3) is 10.8 Å². The molecule has 2 aromatic rings. The second-order valence-corrected chi connectivity index (χ2v) is 6.32. The Morgan fingerprint density at radius 1 is 1.20 bits per heavy atom. The van der Waals surface area contributed by atoms with E-state index in [1.807, 2.05) is 24.3 Å². The molecule has 1 heterocycles. The highest BCUT2D eigenvalue weighted by molar-refractivity contribution is 6.34. The van der Waals surface area contributed by atoms with Gasteiger partial charge in [0.25, 0.3) is 0 Å². The first-order chi connectivity index (χ1) is 9.43. The van der Waals surface area contributed by atoms with Gasteiger partial charge in [-0.05, 0) is 11.8 Å². The molecule has 108 valence electrons. The summed E-state index contributed by atoms with van der Waals surface area (Å²) in [5.74, 6) is 0.707. The molecule has 0 saturated heterocycles. The summed E-state index contributed by atoms with van der Waals surface area (Å²) in [6.07, 6.45) is 0.655. The summed E-state index contributed by atoms with van der Waals surface area (Å²) in [5.41, 5.74) is 0.00511. The Morgan fingerprint density at radius 2 is 1.85 bits per heavy atom. The highest BCUT2D eigenvalue weighted by atomic mass is 35.5. The van der Waals surface area contributed by atoms with Gasteiger partial charge in [-0.2, -0.15) is 0 Å². The number of fused-ring (bicyclic) bond motifs is 1. The highest BCUT2D eigenvalue weighted by Gasteiger charge is 2.25. The normalized spacial score (nSPS) is 13.4. The van der Waals surface area contributed by atoms with Crippen LogP contribution < -0.4 is 5.32 Å². The molecule has 0 saturated carbocycles. The maximum absolute atomic E-state index is 9.24. The molecule has 1 aromatic carbocycles. The van der Waals surface area contributed by atoms with Crippen LogP contribution in [-0.2, 0) is 0 Å². The van der Waals surface area contributed by atoms with Crippen LogP contribution in [0.15, 0.2) is 24.3 Å². The van der Waals surface area contributed by atoms with Gasteiger partial charge in [-0.15, -0.1) is 10.2 Å². The van der Waals surface area contributed by atoms with Crippen LogP contribution in [0.3, 0.4) is 0 Å². The fourth-order valence-electron chi connectivity index (χ4n) is 2.19. The van der Waals surface area contributed by atoms with Crippen molar-refractivity contribution in [2.24, 2.45) is 5.41 Å². The number of rotatable bonds is 4. The number of halogens is 1. The summed E-state index contributed by atoms with van der Waals surface area (Å²) < 4.78 is 0. The summed E-state index contributed by atoms with van der Waals surface area (Å²) in [5, 5.41) is 23.0. The fourth-order valence-corrected chi connectivity index (χ4v) is 2.40. The second-order valence-electron chi connectivity index (χ2n) is 5.96. The van der Waals surface area contributed by atoms with Crippen LogP contribution >= 0.6 is 11.6 Å². The van der Waals surface area contributed by atoms with Gasteiger partial charge in [-0.1, -0.05) is 56.6 Å². The molecule has 0 spiro atoms. The fraction of sp³-hybridized carbons (Fsp3) is 0.467. The smallest absolute Gasteiger partial charge is 0.159 e. The van der Waals surface area contributed by atoms with E-state index in [4.69, 9.17) is 11.6 Å². The monoisotopic (exact) mass is 293 g/mol. The maximum atomic E-state index is 9.24. The van der Waals surface area contributed by atoms with Crippen molar-refractivity contribution in [2.75, 3.05) is 11.9 Å².